The molecular weight excluding hydrogens is 411 g/mol. The minimum atomic E-state index is -0.403. The van der Waals surface area contributed by atoms with Crippen LogP contribution in [0.3, 0.4) is 0 Å². The first-order valence-electron chi connectivity index (χ1n) is 7.89. The van der Waals surface area contributed by atoms with Crippen molar-refractivity contribution >= 4 is 29.9 Å². The maximum atomic E-state index is 13.6. The first-order valence-corrected chi connectivity index (χ1v) is 7.89. The number of halogens is 3. The molecule has 1 aromatic rings. The van der Waals surface area contributed by atoms with E-state index in [0.717, 1.165) is 25.1 Å². The normalized spacial score (nSPS) is 21.8. The maximum absolute atomic E-state index is 13.6. The Morgan fingerprint density at radius 1 is 1.26 bits per heavy atom. The lowest BCUT2D eigenvalue weighted by molar-refractivity contribution is 0.208. The summed E-state index contributed by atoms with van der Waals surface area (Å²) >= 11 is 0. The molecule has 0 aromatic heterocycles. The molecule has 0 aliphatic carbocycles. The van der Waals surface area contributed by atoms with E-state index in [1.54, 1.807) is 7.05 Å². The van der Waals surface area contributed by atoms with Crippen LogP contribution in [0.5, 0.6) is 0 Å². The predicted molar refractivity (Wildman–Crippen MR) is 101 cm³/mol. The quantitative estimate of drug-likeness (QED) is 0.444. The maximum Gasteiger partial charge on any atom is 0.193 e. The smallest absolute Gasteiger partial charge is 0.193 e. The van der Waals surface area contributed by atoms with Crippen LogP contribution in [0.25, 0.3) is 0 Å². The molecule has 3 nitrogen and oxygen atoms in total. The molecule has 1 aliphatic heterocycles. The zero-order valence-corrected chi connectivity index (χ0v) is 16.3. The van der Waals surface area contributed by atoms with E-state index in [1.807, 2.05) is 0 Å². The van der Waals surface area contributed by atoms with Gasteiger partial charge in [-0.3, -0.25) is 4.99 Å². The van der Waals surface area contributed by atoms with Crippen LogP contribution < -0.4 is 5.32 Å². The van der Waals surface area contributed by atoms with Gasteiger partial charge < -0.3 is 10.2 Å². The Bertz CT molecular complexity index is 527. The van der Waals surface area contributed by atoms with Crippen molar-refractivity contribution in [1.82, 2.24) is 10.2 Å². The fourth-order valence-electron chi connectivity index (χ4n) is 3.21. The average Bonchev–Trinajstić information content (AvgIpc) is 2.46. The number of guanidine groups is 1. The van der Waals surface area contributed by atoms with Crippen molar-refractivity contribution in [2.45, 2.75) is 26.7 Å². The van der Waals surface area contributed by atoms with Crippen LogP contribution in [0.15, 0.2) is 23.2 Å². The Labute approximate surface area is 154 Å². The Morgan fingerprint density at radius 2 is 1.91 bits per heavy atom. The second-order valence-corrected chi connectivity index (χ2v) is 6.31. The van der Waals surface area contributed by atoms with Gasteiger partial charge in [-0.25, -0.2) is 8.78 Å². The standard InChI is InChI=1S/C17H25F2N3.HI/c1-12-8-13(2)11-22(10-12)17(20-3)21-7-6-14-9-15(18)4-5-16(14)19;/h4-5,9,12-13H,6-8,10-11H2,1-3H3,(H,20,21);1H. The predicted octanol–water partition coefficient (Wildman–Crippen LogP) is 3.68. The van der Waals surface area contributed by atoms with Gasteiger partial charge in [0.1, 0.15) is 11.6 Å². The molecule has 2 atom stereocenters. The number of nitrogens with one attached hydrogen (secondary N) is 1. The molecule has 2 rings (SSSR count). The summed E-state index contributed by atoms with van der Waals surface area (Å²) in [6.45, 7) is 7.00. The highest BCUT2D eigenvalue weighted by Gasteiger charge is 2.23. The highest BCUT2D eigenvalue weighted by Crippen LogP contribution is 2.20. The van der Waals surface area contributed by atoms with E-state index in [2.05, 4.69) is 29.1 Å². The van der Waals surface area contributed by atoms with Gasteiger partial charge in [0, 0.05) is 26.7 Å². The van der Waals surface area contributed by atoms with Crippen LogP contribution in [-0.2, 0) is 6.42 Å². The summed E-state index contributed by atoms with van der Waals surface area (Å²) in [4.78, 5) is 6.57. The number of nitrogens with zero attached hydrogens (tertiary/aromatic N) is 2. The zero-order valence-electron chi connectivity index (χ0n) is 14.0. The molecule has 23 heavy (non-hydrogen) atoms. The van der Waals surface area contributed by atoms with Gasteiger partial charge in [0.15, 0.2) is 5.96 Å². The van der Waals surface area contributed by atoms with Crippen LogP contribution >= 0.6 is 24.0 Å². The van der Waals surface area contributed by atoms with Crippen LogP contribution in [-0.4, -0.2) is 37.5 Å². The number of piperidine rings is 1. The van der Waals surface area contributed by atoms with Gasteiger partial charge >= 0.3 is 0 Å². The Balaban J connectivity index is 0.00000264. The van der Waals surface area contributed by atoms with Crippen molar-refractivity contribution < 1.29 is 8.78 Å². The number of likely N-dealkylation sites (tertiary alicyclic amines) is 1. The van der Waals surface area contributed by atoms with Gasteiger partial charge in [-0.05, 0) is 48.4 Å². The molecule has 1 N–H and O–H groups in total. The van der Waals surface area contributed by atoms with Crippen LogP contribution in [0, 0.1) is 23.5 Å². The number of hydrogen-bond donors (Lipinski definition) is 1. The van der Waals surface area contributed by atoms with Crippen LogP contribution in [0.2, 0.25) is 0 Å². The lowest BCUT2D eigenvalue weighted by atomic mass is 9.92. The minimum absolute atomic E-state index is 0. The molecule has 1 saturated heterocycles. The Morgan fingerprint density at radius 3 is 2.52 bits per heavy atom. The number of benzene rings is 1. The highest BCUT2D eigenvalue weighted by molar-refractivity contribution is 14.0. The highest BCUT2D eigenvalue weighted by atomic mass is 127. The van der Waals surface area contributed by atoms with Crippen LogP contribution in [0.4, 0.5) is 8.78 Å². The van der Waals surface area contributed by atoms with Crippen molar-refractivity contribution in [2.75, 3.05) is 26.7 Å². The van der Waals surface area contributed by atoms with Gasteiger partial charge in [-0.2, -0.15) is 0 Å². The topological polar surface area (TPSA) is 27.6 Å². The lowest BCUT2D eigenvalue weighted by Crippen LogP contribution is -2.48. The molecule has 1 heterocycles. The Hall–Kier alpha value is -0.920. The average molecular weight is 437 g/mol. The number of aliphatic imine (C=N–C) groups is 1. The summed E-state index contributed by atoms with van der Waals surface area (Å²) in [5, 5.41) is 3.26. The fourth-order valence-corrected chi connectivity index (χ4v) is 3.21. The first kappa shape index (κ1) is 20.1. The molecular formula is C17H26F2IN3. The second kappa shape index (κ2) is 9.39. The van der Waals surface area contributed by atoms with Crippen molar-refractivity contribution in [1.29, 1.82) is 0 Å². The summed E-state index contributed by atoms with van der Waals surface area (Å²) in [5.41, 5.74) is 0.392. The molecule has 6 heteroatoms. The first-order chi connectivity index (χ1) is 10.5. The third-order valence-corrected chi connectivity index (χ3v) is 4.07. The molecule has 2 unspecified atom stereocenters. The Kier molecular flexibility index (Phi) is 8.22. The van der Waals surface area contributed by atoms with Crippen LogP contribution in [0.1, 0.15) is 25.8 Å². The molecule has 1 fully saturated rings. The van der Waals surface area contributed by atoms with Crippen molar-refractivity contribution in [3.63, 3.8) is 0 Å². The number of rotatable bonds is 3. The van der Waals surface area contributed by atoms with E-state index in [9.17, 15) is 8.78 Å². The summed E-state index contributed by atoms with van der Waals surface area (Å²) < 4.78 is 26.8. The van der Waals surface area contributed by atoms with E-state index in [1.165, 1.54) is 18.6 Å². The molecule has 0 saturated carbocycles. The van der Waals surface area contributed by atoms with E-state index in [4.69, 9.17) is 0 Å². The van der Waals surface area contributed by atoms with Gasteiger partial charge in [-0.15, -0.1) is 24.0 Å². The monoisotopic (exact) mass is 437 g/mol. The molecule has 0 amide bonds. The SMILES string of the molecule is CN=C(NCCc1cc(F)ccc1F)N1CC(C)CC(C)C1.I. The fraction of sp³-hybridized carbons (Fsp3) is 0.588. The molecule has 130 valence electrons. The molecule has 0 bridgehead atoms. The summed E-state index contributed by atoms with van der Waals surface area (Å²) in [5.74, 6) is 1.36. The van der Waals surface area contributed by atoms with E-state index in [-0.39, 0.29) is 29.8 Å². The van der Waals surface area contributed by atoms with Crippen molar-refractivity contribution in [2.24, 2.45) is 16.8 Å². The second-order valence-electron chi connectivity index (χ2n) is 6.31. The van der Waals surface area contributed by atoms with E-state index < -0.39 is 5.82 Å². The summed E-state index contributed by atoms with van der Waals surface area (Å²) in [7, 11) is 1.76. The third kappa shape index (κ3) is 5.90. The van der Waals surface area contributed by atoms with Crippen molar-refractivity contribution in [3.8, 4) is 0 Å². The third-order valence-electron chi connectivity index (χ3n) is 4.07. The van der Waals surface area contributed by atoms with E-state index >= 15 is 0 Å². The minimum Gasteiger partial charge on any atom is -0.356 e. The van der Waals surface area contributed by atoms with Gasteiger partial charge in [0.05, 0.1) is 0 Å². The summed E-state index contributed by atoms with van der Waals surface area (Å²) in [6.07, 6.45) is 1.67. The largest absolute Gasteiger partial charge is 0.356 e. The van der Waals surface area contributed by atoms with Gasteiger partial charge in [0.25, 0.3) is 0 Å². The molecule has 1 aliphatic rings. The van der Waals surface area contributed by atoms with Gasteiger partial charge in [0.2, 0.25) is 0 Å². The van der Waals surface area contributed by atoms with Gasteiger partial charge in [-0.1, -0.05) is 13.8 Å². The zero-order chi connectivity index (χ0) is 16.1. The van der Waals surface area contributed by atoms with Crippen molar-refractivity contribution in [3.05, 3.63) is 35.4 Å². The molecule has 0 spiro atoms. The lowest BCUT2D eigenvalue weighted by Gasteiger charge is -2.37. The van der Waals surface area contributed by atoms with E-state index in [0.29, 0.717) is 30.4 Å². The molecule has 1 aromatic carbocycles. The number of hydrogen-bond acceptors (Lipinski definition) is 1. The summed E-state index contributed by atoms with van der Waals surface area (Å²) in [6, 6.07) is 3.57. The molecule has 0 radical (unpaired) electrons.